The van der Waals surface area contributed by atoms with Gasteiger partial charge in [-0.25, -0.2) is 4.98 Å². The summed E-state index contributed by atoms with van der Waals surface area (Å²) in [5.74, 6) is 0.739. The fraction of sp³-hybridized carbons (Fsp3) is 0.667. The molecule has 1 aromatic heterocycles. The van der Waals surface area contributed by atoms with Crippen LogP contribution in [0.3, 0.4) is 0 Å². The summed E-state index contributed by atoms with van der Waals surface area (Å²) in [6.07, 6.45) is 9.14. The van der Waals surface area contributed by atoms with Crippen molar-refractivity contribution in [3.05, 3.63) is 15.7 Å². The van der Waals surface area contributed by atoms with Crippen LogP contribution in [0.2, 0.25) is 0 Å². The van der Waals surface area contributed by atoms with E-state index < -0.39 is 0 Å². The Bertz CT molecular complexity index is 605. The van der Waals surface area contributed by atoms with Gasteiger partial charge in [-0.1, -0.05) is 12.8 Å². The van der Waals surface area contributed by atoms with Crippen LogP contribution in [-0.4, -0.2) is 29.0 Å². The van der Waals surface area contributed by atoms with Gasteiger partial charge in [0, 0.05) is 13.1 Å². The van der Waals surface area contributed by atoms with Gasteiger partial charge in [0.25, 0.3) is 0 Å². The smallest absolute Gasteiger partial charge is 0.212 e. The Morgan fingerprint density at radius 3 is 2.38 bits per heavy atom. The Labute approximate surface area is 133 Å². The predicted octanol–water partition coefficient (Wildman–Crippen LogP) is 3.05. The maximum absolute atomic E-state index is 8.15. The zero-order chi connectivity index (χ0) is 15.0. The van der Waals surface area contributed by atoms with Gasteiger partial charge >= 0.3 is 0 Å². The maximum atomic E-state index is 8.15. The number of hydrogen-bond acceptors (Lipinski definition) is 4. The van der Waals surface area contributed by atoms with Gasteiger partial charge in [0.05, 0.1) is 16.5 Å². The van der Waals surface area contributed by atoms with Gasteiger partial charge in [0.1, 0.15) is 5.49 Å². The van der Waals surface area contributed by atoms with E-state index in [0.717, 1.165) is 24.7 Å². The monoisotopic (exact) mass is 351 g/mol. The Morgan fingerprint density at radius 1 is 1.19 bits per heavy atom. The Balaban J connectivity index is 1.88. The molecule has 2 aliphatic rings. The molecular weight excluding hydrogens is 330 g/mol. The molecule has 0 unspecified atom stereocenters. The molecule has 2 N–H and O–H groups in total. The molecule has 2 fully saturated rings. The minimum Gasteiger partial charge on any atom is -0.342 e. The van der Waals surface area contributed by atoms with E-state index in [1.54, 1.807) is 4.57 Å². The van der Waals surface area contributed by atoms with Gasteiger partial charge in [-0.15, -0.1) is 0 Å². The van der Waals surface area contributed by atoms with Crippen molar-refractivity contribution >= 4 is 28.2 Å². The topological polar surface area (TPSA) is 68.8 Å². The largest absolute Gasteiger partial charge is 0.342 e. The van der Waals surface area contributed by atoms with Gasteiger partial charge in [0.2, 0.25) is 5.95 Å². The van der Waals surface area contributed by atoms with Crippen molar-refractivity contribution < 1.29 is 0 Å². The van der Waals surface area contributed by atoms with Crippen LogP contribution in [0, 0.1) is 23.2 Å². The first kappa shape index (κ1) is 14.8. The van der Waals surface area contributed by atoms with Crippen LogP contribution in [-0.2, 0) is 0 Å². The highest BCUT2D eigenvalue weighted by Crippen LogP contribution is 2.46. The third kappa shape index (κ3) is 2.54. The minimum atomic E-state index is 0.300. The average molecular weight is 352 g/mol. The molecule has 1 saturated carbocycles. The molecule has 1 spiro atoms. The molecule has 0 aromatic carbocycles. The Kier molecular flexibility index (Phi) is 3.90. The first-order valence-corrected chi connectivity index (χ1v) is 8.44. The molecule has 0 radical (unpaired) electrons. The number of aryl methyl sites for hydroxylation is 1. The summed E-state index contributed by atoms with van der Waals surface area (Å²) >= 11 is 3.39. The molecule has 0 amide bonds. The molecule has 0 bridgehead atoms. The number of anilines is 1. The molecule has 1 aromatic rings. The van der Waals surface area contributed by atoms with Crippen molar-refractivity contribution in [1.82, 2.24) is 9.55 Å². The third-order valence-electron chi connectivity index (χ3n) is 5.15. The van der Waals surface area contributed by atoms with Crippen LogP contribution in [0.15, 0.2) is 4.47 Å². The van der Waals surface area contributed by atoms with Crippen molar-refractivity contribution in [3.63, 3.8) is 0 Å². The number of aromatic nitrogens is 2. The lowest BCUT2D eigenvalue weighted by Gasteiger charge is -2.40. The van der Waals surface area contributed by atoms with Crippen LogP contribution in [0.1, 0.15) is 44.2 Å². The summed E-state index contributed by atoms with van der Waals surface area (Å²) in [5, 5.41) is 15.8. The second-order valence-corrected chi connectivity index (χ2v) is 7.15. The van der Waals surface area contributed by atoms with Crippen LogP contribution in [0.25, 0.3) is 0 Å². The lowest BCUT2D eigenvalue weighted by molar-refractivity contribution is 0.225. The summed E-state index contributed by atoms with van der Waals surface area (Å²) in [6, 6.07) is 0. The zero-order valence-corrected chi connectivity index (χ0v) is 14.0. The number of nitrogens with one attached hydrogen (secondary N) is 2. The average Bonchev–Trinajstić information content (AvgIpc) is 2.94. The minimum absolute atomic E-state index is 0.300. The predicted molar refractivity (Wildman–Crippen MR) is 87.0 cm³/mol. The Morgan fingerprint density at radius 2 is 1.81 bits per heavy atom. The van der Waals surface area contributed by atoms with Crippen LogP contribution in [0.4, 0.5) is 5.95 Å². The molecular formula is C15H22BrN5. The van der Waals surface area contributed by atoms with Crippen molar-refractivity contribution in [2.24, 2.45) is 5.41 Å². The van der Waals surface area contributed by atoms with Gasteiger partial charge in [0.15, 0.2) is 0 Å². The second kappa shape index (κ2) is 5.55. The zero-order valence-electron chi connectivity index (χ0n) is 12.5. The summed E-state index contributed by atoms with van der Waals surface area (Å²) in [7, 11) is 0. The Hall–Kier alpha value is -1.17. The molecule has 114 valence electrons. The van der Waals surface area contributed by atoms with E-state index in [9.17, 15) is 0 Å². The quantitative estimate of drug-likeness (QED) is 0.635. The summed E-state index contributed by atoms with van der Waals surface area (Å²) < 4.78 is 2.23. The summed E-state index contributed by atoms with van der Waals surface area (Å²) in [6.45, 7) is 3.88. The third-order valence-corrected chi connectivity index (χ3v) is 6.10. The van der Waals surface area contributed by atoms with Crippen LogP contribution >= 0.6 is 15.9 Å². The number of nitrogens with zero attached hydrogens (tertiary/aromatic N) is 3. The molecule has 21 heavy (non-hydrogen) atoms. The van der Waals surface area contributed by atoms with Crippen molar-refractivity contribution in [2.75, 3.05) is 18.0 Å². The number of hydrogen-bond donors (Lipinski definition) is 2. The maximum Gasteiger partial charge on any atom is 0.212 e. The van der Waals surface area contributed by atoms with Gasteiger partial charge in [-0.05, 0) is 54.0 Å². The SMILES string of the molecule is Cc1nc(N2CCC3(CCCC3)CC2)n(C=N)c(=N)c1Br. The van der Waals surface area contributed by atoms with E-state index in [1.165, 1.54) is 44.9 Å². The molecule has 1 aliphatic heterocycles. The number of rotatable bonds is 2. The van der Waals surface area contributed by atoms with E-state index >= 15 is 0 Å². The van der Waals surface area contributed by atoms with Gasteiger partial charge in [-0.3, -0.25) is 15.4 Å². The van der Waals surface area contributed by atoms with Crippen LogP contribution < -0.4 is 10.4 Å². The molecule has 1 saturated heterocycles. The summed E-state index contributed by atoms with van der Waals surface area (Å²) in [4.78, 5) is 6.86. The van der Waals surface area contributed by atoms with Crippen molar-refractivity contribution in [1.29, 1.82) is 10.8 Å². The lowest BCUT2D eigenvalue weighted by Crippen LogP contribution is -2.42. The molecule has 1 aliphatic carbocycles. The highest BCUT2D eigenvalue weighted by atomic mass is 79.9. The van der Waals surface area contributed by atoms with Gasteiger partial charge < -0.3 is 4.90 Å². The van der Waals surface area contributed by atoms with E-state index in [-0.39, 0.29) is 0 Å². The molecule has 5 nitrogen and oxygen atoms in total. The van der Waals surface area contributed by atoms with E-state index in [4.69, 9.17) is 10.8 Å². The van der Waals surface area contributed by atoms with Crippen molar-refractivity contribution in [2.45, 2.75) is 45.4 Å². The van der Waals surface area contributed by atoms with E-state index in [0.29, 0.717) is 15.4 Å². The lowest BCUT2D eigenvalue weighted by atomic mass is 9.77. The molecule has 3 rings (SSSR count). The van der Waals surface area contributed by atoms with E-state index in [1.807, 2.05) is 6.92 Å². The van der Waals surface area contributed by atoms with Crippen LogP contribution in [0.5, 0.6) is 0 Å². The highest BCUT2D eigenvalue weighted by molar-refractivity contribution is 9.10. The molecule has 0 atom stereocenters. The normalized spacial score (nSPS) is 21.0. The summed E-state index contributed by atoms with van der Waals surface area (Å²) in [5.41, 5.74) is 1.68. The number of halogens is 1. The first-order valence-electron chi connectivity index (χ1n) is 7.65. The standard InChI is InChI=1S/C15H22BrN5/c1-11-12(16)13(18)21(10-17)14(19-11)20-8-6-15(7-9-20)4-2-3-5-15/h10,17-18H,2-9H2,1H3. The number of piperidine rings is 1. The first-order chi connectivity index (χ1) is 10.1. The molecule has 2 heterocycles. The molecule has 6 heteroatoms. The fourth-order valence-corrected chi connectivity index (χ4v) is 4.06. The fourth-order valence-electron chi connectivity index (χ4n) is 3.78. The highest BCUT2D eigenvalue weighted by Gasteiger charge is 2.37. The van der Waals surface area contributed by atoms with Gasteiger partial charge in [-0.2, -0.15) is 0 Å². The second-order valence-electron chi connectivity index (χ2n) is 6.35. The van der Waals surface area contributed by atoms with Crippen molar-refractivity contribution in [3.8, 4) is 0 Å². The van der Waals surface area contributed by atoms with E-state index in [2.05, 4.69) is 25.8 Å².